The molecule has 4 rings (SSSR count). The largest absolute Gasteiger partial charge is 0.486 e. The van der Waals surface area contributed by atoms with Crippen LogP contribution in [0.1, 0.15) is 26.3 Å². The molecule has 0 atom stereocenters. The maximum Gasteiger partial charge on any atom is 0.264 e. The van der Waals surface area contributed by atoms with Crippen LogP contribution in [0.4, 0.5) is 5.69 Å². The van der Waals surface area contributed by atoms with Gasteiger partial charge in [-0.05, 0) is 36.4 Å². The molecule has 0 saturated carbocycles. The summed E-state index contributed by atoms with van der Waals surface area (Å²) in [6.07, 6.45) is 1.88. The number of amides is 1. The first-order chi connectivity index (χ1) is 13.0. The highest BCUT2D eigenvalue weighted by atomic mass is 16.5. The van der Waals surface area contributed by atoms with Gasteiger partial charge in [0.15, 0.2) is 12.4 Å². The second kappa shape index (κ2) is 7.82. The molecule has 0 fully saturated rings. The average molecular weight is 367 g/mol. The van der Waals surface area contributed by atoms with Gasteiger partial charge in [-0.25, -0.2) is 0 Å². The first-order valence-corrected chi connectivity index (χ1v) is 8.23. The van der Waals surface area contributed by atoms with Gasteiger partial charge in [-0.1, -0.05) is 0 Å². The molecule has 0 aliphatic carbocycles. The highest BCUT2D eigenvalue weighted by Crippen LogP contribution is 2.31. The van der Waals surface area contributed by atoms with Crippen LogP contribution >= 0.6 is 0 Å². The number of benzene rings is 2. The Morgan fingerprint density at radius 1 is 0.889 bits per heavy atom. The van der Waals surface area contributed by atoms with Gasteiger partial charge in [-0.15, -0.1) is 0 Å². The molecule has 0 saturated heterocycles. The Bertz CT molecular complexity index is 921. The van der Waals surface area contributed by atoms with Gasteiger partial charge in [0.1, 0.15) is 30.7 Å². The summed E-state index contributed by atoms with van der Waals surface area (Å²) in [5.74, 6) is 1.29. The lowest BCUT2D eigenvalue weighted by Gasteiger charge is -2.25. The number of hydrogen-bond acceptors (Lipinski definition) is 6. The van der Waals surface area contributed by atoms with E-state index in [2.05, 4.69) is 0 Å². The Morgan fingerprint density at radius 2 is 1.52 bits per heavy atom. The molecule has 0 spiro atoms. The van der Waals surface area contributed by atoms with Crippen molar-refractivity contribution in [3.05, 3.63) is 53.1 Å². The number of hydrogen-bond donors (Lipinski definition) is 0. The van der Waals surface area contributed by atoms with Gasteiger partial charge in [0.05, 0.1) is 5.69 Å². The number of fused-ring (bicyclic) bond motifs is 2. The zero-order valence-corrected chi connectivity index (χ0v) is 14.6. The summed E-state index contributed by atoms with van der Waals surface area (Å²) in [4.78, 5) is 44.8. The number of ketones is 1. The Kier molecular flexibility index (Phi) is 5.30. The van der Waals surface area contributed by atoms with Gasteiger partial charge in [-0.2, -0.15) is 0 Å². The van der Waals surface area contributed by atoms with E-state index in [1.807, 2.05) is 0 Å². The van der Waals surface area contributed by atoms with Gasteiger partial charge in [0.2, 0.25) is 0 Å². The van der Waals surface area contributed by atoms with Crippen LogP contribution in [-0.4, -0.2) is 44.5 Å². The predicted octanol–water partition coefficient (Wildman–Crippen LogP) is 1.86. The molecule has 2 aromatic rings. The van der Waals surface area contributed by atoms with Gasteiger partial charge in [0, 0.05) is 30.2 Å². The summed E-state index contributed by atoms with van der Waals surface area (Å²) in [6, 6.07) is 10.1. The molecule has 7 nitrogen and oxygen atoms in total. The highest BCUT2D eigenvalue weighted by molar-refractivity contribution is 5.98. The smallest absolute Gasteiger partial charge is 0.264 e. The third-order valence-electron chi connectivity index (χ3n) is 4.20. The fraction of sp³-hybridized carbons (Fsp3) is 0.200. The normalized spacial score (nSPS) is 14.6. The van der Waals surface area contributed by atoms with Crippen LogP contribution in [0, 0.1) is 0 Å². The summed E-state index contributed by atoms with van der Waals surface area (Å²) in [6.45, 7) is 0.206. The molecular formula is C20H17NO6. The molecule has 0 unspecified atom stereocenters. The van der Waals surface area contributed by atoms with Crippen molar-refractivity contribution in [3.63, 3.8) is 0 Å². The third-order valence-corrected chi connectivity index (χ3v) is 4.20. The standard InChI is InChI=1S/C10H9NO3.C10H8O3/c1-11-8-4-7(5-12)2-3-9(8)14-6-10(11)13;11-5-7-1-2-10-8(3-7)4-9(12)6-13-10/h2-5H,6H2,1H3;1-3,5H,4,6H2. The lowest BCUT2D eigenvalue weighted by atomic mass is 10.0. The Hall–Kier alpha value is -3.48. The van der Waals surface area contributed by atoms with E-state index >= 15 is 0 Å². The zero-order valence-electron chi connectivity index (χ0n) is 14.6. The molecule has 2 heterocycles. The van der Waals surface area contributed by atoms with Crippen molar-refractivity contribution in [2.75, 3.05) is 25.2 Å². The lowest BCUT2D eigenvalue weighted by molar-refractivity contribution is -0.121. The molecule has 1 amide bonds. The fourth-order valence-corrected chi connectivity index (χ4v) is 2.74. The van der Waals surface area contributed by atoms with Crippen LogP contribution in [0.2, 0.25) is 0 Å². The van der Waals surface area contributed by atoms with E-state index in [1.54, 1.807) is 43.4 Å². The second-order valence-electron chi connectivity index (χ2n) is 6.08. The van der Waals surface area contributed by atoms with Crippen LogP contribution in [0.25, 0.3) is 0 Å². The Balaban J connectivity index is 0.000000156. The Labute approximate surface area is 155 Å². The van der Waals surface area contributed by atoms with Crippen molar-refractivity contribution in [1.82, 2.24) is 0 Å². The minimum absolute atomic E-state index is 0.0514. The Morgan fingerprint density at radius 3 is 2.22 bits per heavy atom. The van der Waals surface area contributed by atoms with E-state index in [-0.39, 0.29) is 24.9 Å². The lowest BCUT2D eigenvalue weighted by Crippen LogP contribution is -2.35. The van der Waals surface area contributed by atoms with Crippen molar-refractivity contribution >= 4 is 30.0 Å². The molecule has 2 aromatic carbocycles. The molecule has 0 bridgehead atoms. The summed E-state index contributed by atoms with van der Waals surface area (Å²) in [5.41, 5.74) is 2.57. The maximum atomic E-state index is 11.3. The minimum atomic E-state index is -0.111. The zero-order chi connectivity index (χ0) is 19.4. The molecule has 138 valence electrons. The summed E-state index contributed by atoms with van der Waals surface area (Å²) >= 11 is 0. The molecule has 27 heavy (non-hydrogen) atoms. The van der Waals surface area contributed by atoms with Gasteiger partial charge in [0.25, 0.3) is 5.91 Å². The number of rotatable bonds is 2. The summed E-state index contributed by atoms with van der Waals surface area (Å²) < 4.78 is 10.4. The van der Waals surface area contributed by atoms with Crippen molar-refractivity contribution < 1.29 is 28.7 Å². The van der Waals surface area contributed by atoms with Crippen molar-refractivity contribution in [3.8, 4) is 11.5 Å². The van der Waals surface area contributed by atoms with E-state index in [9.17, 15) is 19.2 Å². The molecule has 2 aliphatic heterocycles. The summed E-state index contributed by atoms with van der Waals surface area (Å²) in [7, 11) is 1.66. The SMILES string of the molecule is CN1C(=O)COc2ccc(C=O)cc21.O=Cc1ccc2c(c1)CC(=O)CO2. The number of Topliss-reactive ketones (excluding diaryl/α,β-unsaturated/α-hetero) is 1. The van der Waals surface area contributed by atoms with E-state index in [4.69, 9.17) is 9.47 Å². The van der Waals surface area contributed by atoms with Crippen LogP contribution in [0.3, 0.4) is 0 Å². The quantitative estimate of drug-likeness (QED) is 0.753. The van der Waals surface area contributed by atoms with E-state index in [0.717, 1.165) is 18.1 Å². The number of aldehydes is 2. The first-order valence-electron chi connectivity index (χ1n) is 8.23. The van der Waals surface area contributed by atoms with Gasteiger partial charge in [-0.3, -0.25) is 19.2 Å². The van der Waals surface area contributed by atoms with Crippen molar-refractivity contribution in [2.45, 2.75) is 6.42 Å². The fourth-order valence-electron chi connectivity index (χ4n) is 2.74. The number of anilines is 1. The molecule has 0 radical (unpaired) electrons. The molecule has 0 aromatic heterocycles. The maximum absolute atomic E-state index is 11.3. The van der Waals surface area contributed by atoms with E-state index < -0.39 is 0 Å². The van der Waals surface area contributed by atoms with Gasteiger partial charge >= 0.3 is 0 Å². The molecule has 0 N–H and O–H groups in total. The van der Waals surface area contributed by atoms with Gasteiger partial charge < -0.3 is 14.4 Å². The van der Waals surface area contributed by atoms with Crippen LogP contribution in [0.15, 0.2) is 36.4 Å². The average Bonchev–Trinajstić information content (AvgIpc) is 2.70. The van der Waals surface area contributed by atoms with Crippen LogP contribution < -0.4 is 14.4 Å². The highest BCUT2D eigenvalue weighted by Gasteiger charge is 2.22. The number of carbonyl (C=O) groups is 4. The second-order valence-corrected chi connectivity index (χ2v) is 6.08. The first kappa shape index (κ1) is 18.3. The van der Waals surface area contributed by atoms with Crippen LogP contribution in [-0.2, 0) is 16.0 Å². The molecular weight excluding hydrogens is 350 g/mol. The third kappa shape index (κ3) is 4.03. The minimum Gasteiger partial charge on any atom is -0.486 e. The molecule has 2 aliphatic rings. The number of carbonyl (C=O) groups excluding carboxylic acids is 4. The number of nitrogens with zero attached hydrogens (tertiary/aromatic N) is 1. The van der Waals surface area contributed by atoms with E-state index in [1.165, 1.54) is 4.90 Å². The van der Waals surface area contributed by atoms with Crippen molar-refractivity contribution in [2.24, 2.45) is 0 Å². The predicted molar refractivity (Wildman–Crippen MR) is 96.8 cm³/mol. The monoisotopic (exact) mass is 367 g/mol. The van der Waals surface area contributed by atoms with Crippen LogP contribution in [0.5, 0.6) is 11.5 Å². The summed E-state index contributed by atoms with van der Waals surface area (Å²) in [5, 5.41) is 0. The number of likely N-dealkylation sites (N-methyl/N-ethyl adjacent to an activating group) is 1. The topological polar surface area (TPSA) is 90.0 Å². The van der Waals surface area contributed by atoms with E-state index in [0.29, 0.717) is 34.7 Å². The number of ether oxygens (including phenoxy) is 2. The molecule has 7 heteroatoms. The van der Waals surface area contributed by atoms with Crippen molar-refractivity contribution in [1.29, 1.82) is 0 Å².